The van der Waals surface area contributed by atoms with Crippen molar-refractivity contribution in [1.29, 1.82) is 0 Å². The van der Waals surface area contributed by atoms with Crippen molar-refractivity contribution in [3.63, 3.8) is 0 Å². The summed E-state index contributed by atoms with van der Waals surface area (Å²) in [6, 6.07) is 0. The monoisotopic (exact) mass is 141 g/mol. The molecule has 2 nitrogen and oxygen atoms in total. The molecule has 0 aromatic heterocycles. The van der Waals surface area contributed by atoms with Crippen LogP contribution in [0.3, 0.4) is 0 Å². The van der Waals surface area contributed by atoms with Gasteiger partial charge in [0.05, 0.1) is 12.7 Å². The molecule has 0 amide bonds. The molecule has 0 aromatic rings. The van der Waals surface area contributed by atoms with Crippen LogP contribution in [0.5, 0.6) is 0 Å². The second-order valence-electron chi connectivity index (χ2n) is 3.31. The van der Waals surface area contributed by atoms with Gasteiger partial charge in [-0.25, -0.2) is 0 Å². The molecular weight excluding hydrogens is 126 g/mol. The largest absolute Gasteiger partial charge is 0.373 e. The molecule has 0 aliphatic carbocycles. The van der Waals surface area contributed by atoms with Crippen LogP contribution in [0.4, 0.5) is 0 Å². The van der Waals surface area contributed by atoms with E-state index in [9.17, 15) is 0 Å². The molecule has 2 heterocycles. The van der Waals surface area contributed by atoms with Crippen LogP contribution in [-0.2, 0) is 4.74 Å². The Bertz CT molecular complexity index is 122. The molecule has 0 saturated carbocycles. The van der Waals surface area contributed by atoms with Gasteiger partial charge in [0.15, 0.2) is 0 Å². The van der Waals surface area contributed by atoms with Crippen molar-refractivity contribution in [2.75, 3.05) is 26.2 Å². The zero-order valence-corrected chi connectivity index (χ0v) is 6.55. The number of rotatable bonds is 2. The summed E-state index contributed by atoms with van der Waals surface area (Å²) in [5, 5.41) is 0. The number of hydrogen-bond acceptors (Lipinski definition) is 2. The number of ether oxygens (including phenoxy) is 1. The minimum Gasteiger partial charge on any atom is -0.373 e. The third kappa shape index (κ3) is 1.18. The Morgan fingerprint density at radius 2 is 2.40 bits per heavy atom. The first-order chi connectivity index (χ1) is 4.90. The molecule has 2 aliphatic rings. The molecule has 0 aromatic carbocycles. The Morgan fingerprint density at radius 3 is 2.90 bits per heavy atom. The Balaban J connectivity index is 1.81. The summed E-state index contributed by atoms with van der Waals surface area (Å²) in [6.45, 7) is 7.05. The Morgan fingerprint density at radius 1 is 1.60 bits per heavy atom. The van der Waals surface area contributed by atoms with Crippen molar-refractivity contribution >= 4 is 0 Å². The van der Waals surface area contributed by atoms with Gasteiger partial charge in [-0.3, -0.25) is 0 Å². The lowest BCUT2D eigenvalue weighted by molar-refractivity contribution is 0.301. The van der Waals surface area contributed by atoms with Crippen molar-refractivity contribution in [3.8, 4) is 0 Å². The van der Waals surface area contributed by atoms with Gasteiger partial charge in [-0.15, -0.1) is 0 Å². The third-order valence-electron chi connectivity index (χ3n) is 2.64. The van der Waals surface area contributed by atoms with Gasteiger partial charge in [0, 0.05) is 12.5 Å². The van der Waals surface area contributed by atoms with Gasteiger partial charge in [0.1, 0.15) is 0 Å². The normalized spacial score (nSPS) is 40.5. The summed E-state index contributed by atoms with van der Waals surface area (Å²) in [6.07, 6.45) is 2.00. The summed E-state index contributed by atoms with van der Waals surface area (Å²) in [7, 11) is 0. The zero-order valence-electron chi connectivity index (χ0n) is 6.55. The third-order valence-corrected chi connectivity index (χ3v) is 2.64. The molecule has 2 heteroatoms. The lowest BCUT2D eigenvalue weighted by Gasteiger charge is -2.10. The Hall–Kier alpha value is -0.0800. The fourth-order valence-corrected chi connectivity index (χ4v) is 1.78. The van der Waals surface area contributed by atoms with Crippen LogP contribution in [0.2, 0.25) is 0 Å². The number of nitrogens with zero attached hydrogens (tertiary/aromatic N) is 1. The molecule has 2 aliphatic heterocycles. The summed E-state index contributed by atoms with van der Waals surface area (Å²) < 4.78 is 5.26. The second kappa shape index (κ2) is 2.51. The molecule has 0 spiro atoms. The molecule has 58 valence electrons. The molecule has 10 heavy (non-hydrogen) atoms. The van der Waals surface area contributed by atoms with Crippen molar-refractivity contribution in [2.24, 2.45) is 5.92 Å². The predicted octanol–water partition coefficient (Wildman–Crippen LogP) is 0.727. The minimum absolute atomic E-state index is 0.636. The quantitative estimate of drug-likeness (QED) is 0.527. The first-order valence-electron chi connectivity index (χ1n) is 4.24. The molecule has 2 saturated heterocycles. The maximum absolute atomic E-state index is 5.26. The SMILES string of the molecule is CCN1CC[C@@H]([C@@H]2CO2)C1. The predicted molar refractivity (Wildman–Crippen MR) is 40.0 cm³/mol. The van der Waals surface area contributed by atoms with Crippen molar-refractivity contribution in [3.05, 3.63) is 0 Å². The van der Waals surface area contributed by atoms with E-state index in [1.165, 1.54) is 26.1 Å². The molecule has 0 N–H and O–H groups in total. The first-order valence-corrected chi connectivity index (χ1v) is 4.24. The average molecular weight is 141 g/mol. The van der Waals surface area contributed by atoms with Crippen LogP contribution in [0.15, 0.2) is 0 Å². The maximum Gasteiger partial charge on any atom is 0.0850 e. The molecule has 0 radical (unpaired) electrons. The lowest BCUT2D eigenvalue weighted by atomic mass is 10.1. The molecule has 2 fully saturated rings. The van der Waals surface area contributed by atoms with Crippen LogP contribution in [0.25, 0.3) is 0 Å². The van der Waals surface area contributed by atoms with Gasteiger partial charge in [-0.2, -0.15) is 0 Å². The van der Waals surface area contributed by atoms with Crippen LogP contribution in [0, 0.1) is 5.92 Å². The summed E-state index contributed by atoms with van der Waals surface area (Å²) >= 11 is 0. The van der Waals surface area contributed by atoms with Crippen LogP contribution >= 0.6 is 0 Å². The summed E-state index contributed by atoms with van der Waals surface area (Å²) in [5.74, 6) is 0.861. The van der Waals surface area contributed by atoms with Gasteiger partial charge in [0.2, 0.25) is 0 Å². The Kier molecular flexibility index (Phi) is 1.66. The van der Waals surface area contributed by atoms with Gasteiger partial charge >= 0.3 is 0 Å². The highest BCUT2D eigenvalue weighted by Crippen LogP contribution is 2.28. The number of hydrogen-bond donors (Lipinski definition) is 0. The minimum atomic E-state index is 0.636. The molecule has 2 rings (SSSR count). The van der Waals surface area contributed by atoms with E-state index in [2.05, 4.69) is 11.8 Å². The smallest absolute Gasteiger partial charge is 0.0850 e. The highest BCUT2D eigenvalue weighted by Gasteiger charge is 2.36. The highest BCUT2D eigenvalue weighted by molar-refractivity contribution is 4.86. The standard InChI is InChI=1S/C8H15NO/c1-2-9-4-3-7(5-9)8-6-10-8/h7-8H,2-6H2,1H3/t7-,8+/m1/s1. The lowest BCUT2D eigenvalue weighted by Crippen LogP contribution is -2.21. The van der Waals surface area contributed by atoms with E-state index >= 15 is 0 Å². The Labute approximate surface area is 62.2 Å². The molecule has 0 bridgehead atoms. The first kappa shape index (κ1) is 6.62. The van der Waals surface area contributed by atoms with Gasteiger partial charge in [-0.05, 0) is 19.5 Å². The van der Waals surface area contributed by atoms with E-state index in [0.717, 1.165) is 12.5 Å². The van der Waals surface area contributed by atoms with E-state index in [0.29, 0.717) is 6.10 Å². The number of likely N-dealkylation sites (tertiary alicyclic amines) is 1. The number of epoxide rings is 1. The van der Waals surface area contributed by atoms with Crippen LogP contribution in [0.1, 0.15) is 13.3 Å². The molecule has 2 atom stereocenters. The average Bonchev–Trinajstić information content (AvgIpc) is 2.70. The zero-order chi connectivity index (χ0) is 6.97. The molecule has 0 unspecified atom stereocenters. The summed E-state index contributed by atoms with van der Waals surface area (Å²) in [5.41, 5.74) is 0. The van der Waals surface area contributed by atoms with Crippen molar-refractivity contribution < 1.29 is 4.74 Å². The van der Waals surface area contributed by atoms with E-state index in [1.54, 1.807) is 0 Å². The van der Waals surface area contributed by atoms with Crippen LogP contribution < -0.4 is 0 Å². The van der Waals surface area contributed by atoms with Crippen molar-refractivity contribution in [2.45, 2.75) is 19.4 Å². The fraction of sp³-hybridized carbons (Fsp3) is 1.00. The highest BCUT2D eigenvalue weighted by atomic mass is 16.6. The van der Waals surface area contributed by atoms with E-state index in [1.807, 2.05) is 0 Å². The van der Waals surface area contributed by atoms with Crippen LogP contribution in [-0.4, -0.2) is 37.2 Å². The van der Waals surface area contributed by atoms with Gasteiger partial charge in [0.25, 0.3) is 0 Å². The second-order valence-corrected chi connectivity index (χ2v) is 3.31. The molecular formula is C8H15NO. The van der Waals surface area contributed by atoms with Crippen molar-refractivity contribution in [1.82, 2.24) is 4.90 Å². The van der Waals surface area contributed by atoms with E-state index in [4.69, 9.17) is 4.74 Å². The topological polar surface area (TPSA) is 15.8 Å². The van der Waals surface area contributed by atoms with Gasteiger partial charge < -0.3 is 9.64 Å². The maximum atomic E-state index is 5.26. The van der Waals surface area contributed by atoms with Gasteiger partial charge in [-0.1, -0.05) is 6.92 Å². The van der Waals surface area contributed by atoms with E-state index < -0.39 is 0 Å². The fourth-order valence-electron chi connectivity index (χ4n) is 1.78. The summed E-state index contributed by atoms with van der Waals surface area (Å²) in [4.78, 5) is 2.51. The van der Waals surface area contributed by atoms with E-state index in [-0.39, 0.29) is 0 Å².